The Hall–Kier alpha value is -1.95. The number of aliphatic hydroxyl groups excluding tert-OH is 1. The smallest absolute Gasteiger partial charge is 0.269 e. The van der Waals surface area contributed by atoms with Crippen LogP contribution < -0.4 is 0 Å². The SMILES string of the molecule is O=C(CCc1cccc([N+](=O)[O-])c1)N(CCO)C1CC1. The highest BCUT2D eigenvalue weighted by atomic mass is 16.6. The molecule has 6 heteroatoms. The second-order valence-electron chi connectivity index (χ2n) is 4.97. The fraction of sp³-hybridized carbons (Fsp3) is 0.500. The number of hydrogen-bond acceptors (Lipinski definition) is 4. The summed E-state index contributed by atoms with van der Waals surface area (Å²) in [5.74, 6) is 0.00746. The van der Waals surface area contributed by atoms with Crippen LogP contribution in [0.1, 0.15) is 24.8 Å². The zero-order chi connectivity index (χ0) is 14.5. The zero-order valence-corrected chi connectivity index (χ0v) is 11.2. The molecule has 2 rings (SSSR count). The van der Waals surface area contributed by atoms with Crippen molar-refractivity contribution >= 4 is 11.6 Å². The summed E-state index contributed by atoms with van der Waals surface area (Å²) in [6.45, 7) is 0.345. The summed E-state index contributed by atoms with van der Waals surface area (Å²) in [6.07, 6.45) is 2.80. The Morgan fingerprint density at radius 2 is 2.20 bits per heavy atom. The third-order valence-electron chi connectivity index (χ3n) is 3.40. The van der Waals surface area contributed by atoms with Gasteiger partial charge in [-0.1, -0.05) is 12.1 Å². The molecule has 1 N–H and O–H groups in total. The predicted molar refractivity (Wildman–Crippen MR) is 73.2 cm³/mol. The highest BCUT2D eigenvalue weighted by Gasteiger charge is 2.31. The monoisotopic (exact) mass is 278 g/mol. The highest BCUT2D eigenvalue weighted by Crippen LogP contribution is 2.27. The number of rotatable bonds is 7. The van der Waals surface area contributed by atoms with Crippen LogP contribution in [0, 0.1) is 10.1 Å². The Morgan fingerprint density at radius 1 is 1.45 bits per heavy atom. The number of carbonyl (C=O) groups is 1. The Kier molecular flexibility index (Phi) is 4.68. The van der Waals surface area contributed by atoms with Gasteiger partial charge < -0.3 is 10.0 Å². The minimum absolute atomic E-state index is 0.00746. The van der Waals surface area contributed by atoms with E-state index in [1.165, 1.54) is 12.1 Å². The van der Waals surface area contributed by atoms with Gasteiger partial charge in [-0.2, -0.15) is 0 Å². The van der Waals surface area contributed by atoms with Crippen LogP contribution in [0.15, 0.2) is 24.3 Å². The first-order valence-electron chi connectivity index (χ1n) is 6.75. The van der Waals surface area contributed by atoms with Gasteiger partial charge in [0.15, 0.2) is 0 Å². The molecule has 20 heavy (non-hydrogen) atoms. The molecule has 1 aliphatic carbocycles. The number of aliphatic hydroxyl groups is 1. The lowest BCUT2D eigenvalue weighted by atomic mass is 10.1. The average Bonchev–Trinajstić information content (AvgIpc) is 3.27. The molecule has 1 aliphatic rings. The van der Waals surface area contributed by atoms with Crippen molar-refractivity contribution in [3.63, 3.8) is 0 Å². The zero-order valence-electron chi connectivity index (χ0n) is 11.2. The third-order valence-corrected chi connectivity index (χ3v) is 3.40. The molecule has 0 unspecified atom stereocenters. The molecule has 0 atom stereocenters. The van der Waals surface area contributed by atoms with Gasteiger partial charge in [0.05, 0.1) is 11.5 Å². The van der Waals surface area contributed by atoms with E-state index in [-0.39, 0.29) is 24.2 Å². The van der Waals surface area contributed by atoms with Crippen molar-refractivity contribution in [2.75, 3.05) is 13.2 Å². The van der Waals surface area contributed by atoms with Crippen molar-refractivity contribution in [2.45, 2.75) is 31.7 Å². The number of nitrogens with zero attached hydrogens (tertiary/aromatic N) is 2. The van der Waals surface area contributed by atoms with Crippen molar-refractivity contribution in [1.82, 2.24) is 4.90 Å². The van der Waals surface area contributed by atoms with Gasteiger partial charge in [0.2, 0.25) is 5.91 Å². The van der Waals surface area contributed by atoms with Gasteiger partial charge in [0.1, 0.15) is 0 Å². The van der Waals surface area contributed by atoms with Crippen LogP contribution in [0.3, 0.4) is 0 Å². The van der Waals surface area contributed by atoms with E-state index in [9.17, 15) is 14.9 Å². The maximum Gasteiger partial charge on any atom is 0.269 e. The molecule has 108 valence electrons. The van der Waals surface area contributed by atoms with Crippen LogP contribution in [0.4, 0.5) is 5.69 Å². The normalized spacial score (nSPS) is 14.1. The molecule has 0 bridgehead atoms. The first-order valence-corrected chi connectivity index (χ1v) is 6.75. The maximum absolute atomic E-state index is 12.1. The summed E-state index contributed by atoms with van der Waals surface area (Å²) in [4.78, 5) is 24.1. The van der Waals surface area contributed by atoms with Crippen molar-refractivity contribution < 1.29 is 14.8 Å². The summed E-state index contributed by atoms with van der Waals surface area (Å²) in [7, 11) is 0. The number of carbonyl (C=O) groups excluding carboxylic acids is 1. The van der Waals surface area contributed by atoms with Crippen molar-refractivity contribution in [3.8, 4) is 0 Å². The number of hydrogen-bond donors (Lipinski definition) is 1. The Labute approximate surface area is 117 Å². The van der Waals surface area contributed by atoms with Crippen molar-refractivity contribution in [1.29, 1.82) is 0 Å². The number of aryl methyl sites for hydroxylation is 1. The lowest BCUT2D eigenvalue weighted by molar-refractivity contribution is -0.384. The Morgan fingerprint density at radius 3 is 2.80 bits per heavy atom. The summed E-state index contributed by atoms with van der Waals surface area (Å²) < 4.78 is 0. The molecule has 0 aromatic heterocycles. The molecule has 1 saturated carbocycles. The first kappa shape index (κ1) is 14.5. The van der Waals surface area contributed by atoms with Crippen LogP contribution in [-0.2, 0) is 11.2 Å². The van der Waals surface area contributed by atoms with Crippen LogP contribution in [0.25, 0.3) is 0 Å². The fourth-order valence-corrected chi connectivity index (χ4v) is 2.23. The molecule has 0 radical (unpaired) electrons. The number of non-ortho nitro benzene ring substituents is 1. The van der Waals surface area contributed by atoms with E-state index in [0.29, 0.717) is 19.4 Å². The lowest BCUT2D eigenvalue weighted by Crippen LogP contribution is -2.35. The minimum Gasteiger partial charge on any atom is -0.395 e. The quantitative estimate of drug-likeness (QED) is 0.605. The average molecular weight is 278 g/mol. The topological polar surface area (TPSA) is 83.7 Å². The molecule has 1 aromatic rings. The van der Waals surface area contributed by atoms with E-state index in [0.717, 1.165) is 18.4 Å². The largest absolute Gasteiger partial charge is 0.395 e. The van der Waals surface area contributed by atoms with Gasteiger partial charge in [0.25, 0.3) is 5.69 Å². The molecule has 1 amide bonds. The number of nitro benzene ring substituents is 1. The molecule has 0 heterocycles. The fourth-order valence-electron chi connectivity index (χ4n) is 2.23. The molecule has 1 fully saturated rings. The molecule has 6 nitrogen and oxygen atoms in total. The number of amides is 1. The van der Waals surface area contributed by atoms with E-state index in [4.69, 9.17) is 5.11 Å². The van der Waals surface area contributed by atoms with E-state index < -0.39 is 4.92 Å². The second kappa shape index (κ2) is 6.47. The van der Waals surface area contributed by atoms with Gasteiger partial charge in [-0.15, -0.1) is 0 Å². The third kappa shape index (κ3) is 3.77. The number of nitro groups is 1. The molecule has 1 aromatic carbocycles. The van der Waals surface area contributed by atoms with Crippen LogP contribution in [0.5, 0.6) is 0 Å². The Bertz CT molecular complexity index is 500. The molecule has 0 spiro atoms. The van der Waals surface area contributed by atoms with E-state index in [2.05, 4.69) is 0 Å². The minimum atomic E-state index is -0.437. The lowest BCUT2D eigenvalue weighted by Gasteiger charge is -2.21. The van der Waals surface area contributed by atoms with E-state index in [1.807, 2.05) is 0 Å². The van der Waals surface area contributed by atoms with Gasteiger partial charge in [-0.3, -0.25) is 14.9 Å². The number of benzene rings is 1. The second-order valence-corrected chi connectivity index (χ2v) is 4.97. The predicted octanol–water partition coefficient (Wildman–Crippen LogP) is 1.51. The van der Waals surface area contributed by atoms with Crippen molar-refractivity contribution in [2.24, 2.45) is 0 Å². The summed E-state index contributed by atoms with van der Waals surface area (Å²) in [5, 5.41) is 19.7. The molecule has 0 aliphatic heterocycles. The Balaban J connectivity index is 1.92. The van der Waals surface area contributed by atoms with Crippen LogP contribution >= 0.6 is 0 Å². The summed E-state index contributed by atoms with van der Waals surface area (Å²) >= 11 is 0. The van der Waals surface area contributed by atoms with Crippen LogP contribution in [-0.4, -0.2) is 40.0 Å². The van der Waals surface area contributed by atoms with Crippen molar-refractivity contribution in [3.05, 3.63) is 39.9 Å². The molecular formula is C14H18N2O4. The highest BCUT2D eigenvalue weighted by molar-refractivity contribution is 5.77. The van der Waals surface area contributed by atoms with Crippen LogP contribution in [0.2, 0.25) is 0 Å². The molecular weight excluding hydrogens is 260 g/mol. The van der Waals surface area contributed by atoms with Gasteiger partial charge >= 0.3 is 0 Å². The molecule has 0 saturated heterocycles. The van der Waals surface area contributed by atoms with E-state index >= 15 is 0 Å². The summed E-state index contributed by atoms with van der Waals surface area (Å²) in [6, 6.07) is 6.63. The van der Waals surface area contributed by atoms with Gasteiger partial charge in [-0.05, 0) is 24.8 Å². The van der Waals surface area contributed by atoms with Gasteiger partial charge in [0, 0.05) is 31.1 Å². The standard InChI is InChI=1S/C14H18N2O4/c17-9-8-15(12-5-6-12)14(18)7-4-11-2-1-3-13(10-11)16(19)20/h1-3,10,12,17H,4-9H2. The maximum atomic E-state index is 12.1. The summed E-state index contributed by atoms with van der Waals surface area (Å²) in [5.41, 5.74) is 0.830. The first-order chi connectivity index (χ1) is 9.61. The van der Waals surface area contributed by atoms with Gasteiger partial charge in [-0.25, -0.2) is 0 Å². The van der Waals surface area contributed by atoms with E-state index in [1.54, 1.807) is 17.0 Å².